The maximum Gasteiger partial charge on any atom is 0.252 e. The molecule has 1 heterocycles. The van der Waals surface area contributed by atoms with Gasteiger partial charge in [-0.3, -0.25) is 4.79 Å². The van der Waals surface area contributed by atoms with E-state index in [0.29, 0.717) is 12.2 Å². The number of hydrogen-bond donors (Lipinski definition) is 1. The quantitative estimate of drug-likeness (QED) is 0.773. The molecule has 2 aromatic rings. The lowest BCUT2D eigenvalue weighted by molar-refractivity contribution is 0.0927. The number of nitrogens with one attached hydrogen (secondary N) is 1. The number of thiophene rings is 1. The van der Waals surface area contributed by atoms with Gasteiger partial charge in [0.25, 0.3) is 5.91 Å². The van der Waals surface area contributed by atoms with Crippen molar-refractivity contribution in [2.45, 2.75) is 19.9 Å². The van der Waals surface area contributed by atoms with Crippen molar-refractivity contribution in [3.63, 3.8) is 0 Å². The molecule has 5 heteroatoms. The predicted octanol–water partition coefficient (Wildman–Crippen LogP) is 3.86. The minimum atomic E-state index is -0.0517. The Balaban J connectivity index is 1.82. The molecule has 0 saturated carbocycles. The average molecular weight is 401 g/mol. The van der Waals surface area contributed by atoms with Crippen molar-refractivity contribution in [3.8, 4) is 5.75 Å². The molecule has 106 valence electrons. The fraction of sp³-hybridized carbons (Fsp3) is 0.267. The van der Waals surface area contributed by atoms with Gasteiger partial charge in [-0.05, 0) is 54.6 Å². The molecule has 2 rings (SSSR count). The van der Waals surface area contributed by atoms with Gasteiger partial charge >= 0.3 is 0 Å². The lowest BCUT2D eigenvalue weighted by atomic mass is 10.2. The minimum Gasteiger partial charge on any atom is -0.491 e. The minimum absolute atomic E-state index is 0.0404. The van der Waals surface area contributed by atoms with Crippen LogP contribution < -0.4 is 10.1 Å². The second kappa shape index (κ2) is 7.08. The number of hydrogen-bond acceptors (Lipinski definition) is 3. The second-order valence-electron chi connectivity index (χ2n) is 4.64. The van der Waals surface area contributed by atoms with Gasteiger partial charge in [0.1, 0.15) is 12.4 Å². The third-order valence-electron chi connectivity index (χ3n) is 2.73. The number of rotatable bonds is 5. The van der Waals surface area contributed by atoms with Crippen molar-refractivity contribution in [1.82, 2.24) is 5.32 Å². The van der Waals surface area contributed by atoms with E-state index in [-0.39, 0.29) is 11.9 Å². The van der Waals surface area contributed by atoms with Crippen molar-refractivity contribution in [1.29, 1.82) is 0 Å². The highest BCUT2D eigenvalue weighted by Gasteiger charge is 2.11. The molecule has 3 nitrogen and oxygen atoms in total. The van der Waals surface area contributed by atoms with Crippen LogP contribution >= 0.6 is 33.9 Å². The third kappa shape index (κ3) is 4.49. The van der Waals surface area contributed by atoms with Crippen molar-refractivity contribution >= 4 is 39.8 Å². The number of aryl methyl sites for hydroxylation is 1. The monoisotopic (exact) mass is 401 g/mol. The van der Waals surface area contributed by atoms with Crippen molar-refractivity contribution in [2.75, 3.05) is 6.61 Å². The fourth-order valence-corrected chi connectivity index (χ4v) is 2.96. The number of ether oxygens (including phenoxy) is 1. The Hall–Kier alpha value is -1.08. The summed E-state index contributed by atoms with van der Waals surface area (Å²) in [7, 11) is 0. The van der Waals surface area contributed by atoms with E-state index in [2.05, 4.69) is 27.9 Å². The summed E-state index contributed by atoms with van der Waals surface area (Å²) in [4.78, 5) is 12.0. The SMILES string of the molecule is Cc1ccc(OCC(C)NC(=O)c2csc(I)c2)cc1. The molecular weight excluding hydrogens is 385 g/mol. The molecule has 1 aromatic carbocycles. The van der Waals surface area contributed by atoms with Gasteiger partial charge in [0.05, 0.1) is 14.5 Å². The number of halogens is 1. The highest BCUT2D eigenvalue weighted by atomic mass is 127. The van der Waals surface area contributed by atoms with E-state index in [9.17, 15) is 4.79 Å². The summed E-state index contributed by atoms with van der Waals surface area (Å²) in [6.45, 7) is 4.42. The van der Waals surface area contributed by atoms with Crippen LogP contribution in [0.1, 0.15) is 22.8 Å². The predicted molar refractivity (Wildman–Crippen MR) is 90.6 cm³/mol. The molecule has 1 unspecified atom stereocenters. The Morgan fingerprint density at radius 2 is 2.10 bits per heavy atom. The third-order valence-corrected chi connectivity index (χ3v) is 4.52. The van der Waals surface area contributed by atoms with Crippen LogP contribution in [0.5, 0.6) is 5.75 Å². The smallest absolute Gasteiger partial charge is 0.252 e. The number of carbonyl (C=O) groups excluding carboxylic acids is 1. The Labute approximate surface area is 136 Å². The lowest BCUT2D eigenvalue weighted by Gasteiger charge is -2.14. The van der Waals surface area contributed by atoms with E-state index in [1.54, 1.807) is 11.3 Å². The zero-order valence-electron chi connectivity index (χ0n) is 11.4. The van der Waals surface area contributed by atoms with E-state index < -0.39 is 0 Å². The highest BCUT2D eigenvalue weighted by molar-refractivity contribution is 14.1. The zero-order valence-corrected chi connectivity index (χ0v) is 14.3. The van der Waals surface area contributed by atoms with Crippen LogP contribution in [0.4, 0.5) is 0 Å². The van der Waals surface area contributed by atoms with Crippen LogP contribution in [0.25, 0.3) is 0 Å². The summed E-state index contributed by atoms with van der Waals surface area (Å²) < 4.78 is 6.76. The number of amides is 1. The normalized spacial score (nSPS) is 11.9. The van der Waals surface area contributed by atoms with E-state index in [0.717, 1.165) is 8.63 Å². The van der Waals surface area contributed by atoms with Gasteiger partial charge in [0, 0.05) is 5.38 Å². The van der Waals surface area contributed by atoms with Gasteiger partial charge in [-0.1, -0.05) is 17.7 Å². The Kier molecular flexibility index (Phi) is 5.42. The molecular formula is C15H16INO2S. The molecule has 0 aliphatic carbocycles. The van der Waals surface area contributed by atoms with Crippen LogP contribution in [0.3, 0.4) is 0 Å². The van der Waals surface area contributed by atoms with E-state index >= 15 is 0 Å². The molecule has 0 fully saturated rings. The molecule has 0 aliphatic heterocycles. The summed E-state index contributed by atoms with van der Waals surface area (Å²) in [5, 5.41) is 4.80. The van der Waals surface area contributed by atoms with Gasteiger partial charge in [0.15, 0.2) is 0 Å². The molecule has 1 amide bonds. The van der Waals surface area contributed by atoms with Gasteiger partial charge in [0.2, 0.25) is 0 Å². The summed E-state index contributed by atoms with van der Waals surface area (Å²) in [5.74, 6) is 0.769. The average Bonchev–Trinajstić information content (AvgIpc) is 2.85. The molecule has 1 N–H and O–H groups in total. The standard InChI is InChI=1S/C15H16INO2S/c1-10-3-5-13(6-4-10)19-8-11(2)17-15(18)12-7-14(16)20-9-12/h3-7,9,11H,8H2,1-2H3,(H,17,18). The molecule has 0 aliphatic rings. The van der Waals surface area contributed by atoms with Gasteiger partial charge < -0.3 is 10.1 Å². The summed E-state index contributed by atoms with van der Waals surface area (Å²) >= 11 is 3.77. The molecule has 1 atom stereocenters. The Bertz CT molecular complexity index is 580. The molecule has 20 heavy (non-hydrogen) atoms. The van der Waals surface area contributed by atoms with Crippen molar-refractivity contribution in [3.05, 3.63) is 49.7 Å². The molecule has 0 radical (unpaired) electrons. The summed E-state index contributed by atoms with van der Waals surface area (Å²) in [6.07, 6.45) is 0. The van der Waals surface area contributed by atoms with Crippen LogP contribution in [-0.2, 0) is 0 Å². The maximum atomic E-state index is 12.0. The van der Waals surface area contributed by atoms with Gasteiger partial charge in [-0.2, -0.15) is 0 Å². The maximum absolute atomic E-state index is 12.0. The molecule has 0 saturated heterocycles. The van der Waals surface area contributed by atoms with Crippen LogP contribution in [0.2, 0.25) is 0 Å². The number of benzene rings is 1. The van der Waals surface area contributed by atoms with Gasteiger partial charge in [-0.25, -0.2) is 0 Å². The Morgan fingerprint density at radius 1 is 1.40 bits per heavy atom. The lowest BCUT2D eigenvalue weighted by Crippen LogP contribution is -2.36. The Morgan fingerprint density at radius 3 is 2.70 bits per heavy atom. The molecule has 0 spiro atoms. The second-order valence-corrected chi connectivity index (χ2v) is 7.44. The molecule has 1 aromatic heterocycles. The largest absolute Gasteiger partial charge is 0.491 e. The highest BCUT2D eigenvalue weighted by Crippen LogP contribution is 2.16. The topological polar surface area (TPSA) is 38.3 Å². The first-order valence-corrected chi connectivity index (χ1v) is 8.25. The van der Waals surface area contributed by atoms with E-state index in [1.807, 2.05) is 49.6 Å². The zero-order chi connectivity index (χ0) is 14.5. The van der Waals surface area contributed by atoms with Crippen LogP contribution in [-0.4, -0.2) is 18.6 Å². The van der Waals surface area contributed by atoms with Crippen molar-refractivity contribution in [2.24, 2.45) is 0 Å². The summed E-state index contributed by atoms with van der Waals surface area (Å²) in [5.41, 5.74) is 1.91. The molecule has 0 bridgehead atoms. The first-order chi connectivity index (χ1) is 9.54. The first kappa shape index (κ1) is 15.3. The fourth-order valence-electron chi connectivity index (χ4n) is 1.63. The first-order valence-electron chi connectivity index (χ1n) is 6.29. The van der Waals surface area contributed by atoms with Crippen molar-refractivity contribution < 1.29 is 9.53 Å². The number of carbonyl (C=O) groups is 1. The van der Waals surface area contributed by atoms with Crippen LogP contribution in [0.15, 0.2) is 35.7 Å². The van der Waals surface area contributed by atoms with E-state index in [4.69, 9.17) is 4.74 Å². The van der Waals surface area contributed by atoms with Gasteiger partial charge in [-0.15, -0.1) is 11.3 Å². The van der Waals surface area contributed by atoms with E-state index in [1.165, 1.54) is 5.56 Å². The van der Waals surface area contributed by atoms with Crippen LogP contribution in [0, 0.1) is 9.81 Å². The summed E-state index contributed by atoms with van der Waals surface area (Å²) in [6, 6.07) is 9.73.